The van der Waals surface area contributed by atoms with Gasteiger partial charge in [0.05, 0.1) is 11.0 Å². The van der Waals surface area contributed by atoms with Crippen LogP contribution in [0.4, 0.5) is 0 Å². The van der Waals surface area contributed by atoms with Crippen LogP contribution in [0, 0.1) is 29.1 Å². The second-order valence-corrected chi connectivity index (χ2v) is 8.27. The number of hydrogen-bond acceptors (Lipinski definition) is 2. The number of aliphatic hydroxyl groups is 1. The highest BCUT2D eigenvalue weighted by Gasteiger charge is 2.77. The summed E-state index contributed by atoms with van der Waals surface area (Å²) in [6.45, 7) is 10.9. The number of hydrogen-bond donors (Lipinski definition) is 1. The molecule has 0 bridgehead atoms. The first-order valence-corrected chi connectivity index (χ1v) is 8.87. The predicted molar refractivity (Wildman–Crippen MR) is 89.4 cm³/mol. The summed E-state index contributed by atoms with van der Waals surface area (Å²) >= 11 is 0. The van der Waals surface area contributed by atoms with Gasteiger partial charge in [-0.2, -0.15) is 0 Å². The molecule has 0 aromatic heterocycles. The first-order chi connectivity index (χ1) is 10.4. The lowest BCUT2D eigenvalue weighted by Gasteiger charge is -2.62. The average Bonchev–Trinajstić information content (AvgIpc) is 2.93. The Kier molecular flexibility index (Phi) is 3.87. The lowest BCUT2D eigenvalue weighted by Crippen LogP contribution is -2.69. The SMILES string of the molecule is C=C(CCC=C(C)C)C1CCC2(C=O)C1C1C(C)CCC12O. The normalized spacial score (nSPS) is 45.6. The third-order valence-electron chi connectivity index (χ3n) is 6.99. The standard InChI is InChI=1S/C20H30O2/c1-13(2)6-5-7-14(3)16-9-10-19(12-21)18(16)17-15(4)8-11-20(17,19)22/h6,12,15-18,22H,3,5,7-11H2,1-2,4H3. The Bertz CT molecular complexity index is 516. The van der Waals surface area contributed by atoms with Crippen LogP contribution in [-0.2, 0) is 4.79 Å². The first-order valence-electron chi connectivity index (χ1n) is 8.87. The molecule has 0 amide bonds. The molecule has 1 N–H and O–H groups in total. The van der Waals surface area contributed by atoms with E-state index in [1.807, 2.05) is 0 Å². The molecule has 3 rings (SSSR count). The molecule has 3 fully saturated rings. The van der Waals surface area contributed by atoms with Gasteiger partial charge in [-0.3, -0.25) is 0 Å². The number of allylic oxidation sites excluding steroid dienone is 3. The van der Waals surface area contributed by atoms with E-state index in [4.69, 9.17) is 0 Å². The zero-order valence-electron chi connectivity index (χ0n) is 14.3. The van der Waals surface area contributed by atoms with E-state index in [1.165, 1.54) is 11.1 Å². The fourth-order valence-corrected chi connectivity index (χ4v) is 5.97. The second-order valence-electron chi connectivity index (χ2n) is 8.27. The second kappa shape index (κ2) is 5.33. The topological polar surface area (TPSA) is 37.3 Å². The van der Waals surface area contributed by atoms with Crippen LogP contribution in [0.1, 0.15) is 59.3 Å². The van der Waals surface area contributed by atoms with Crippen molar-refractivity contribution in [1.82, 2.24) is 0 Å². The van der Waals surface area contributed by atoms with E-state index in [2.05, 4.69) is 33.4 Å². The molecule has 0 aromatic carbocycles. The van der Waals surface area contributed by atoms with E-state index in [0.29, 0.717) is 23.7 Å². The van der Waals surface area contributed by atoms with Gasteiger partial charge in [-0.05, 0) is 76.0 Å². The molecule has 0 radical (unpaired) electrons. The van der Waals surface area contributed by atoms with Crippen LogP contribution in [0.3, 0.4) is 0 Å². The van der Waals surface area contributed by atoms with E-state index in [0.717, 1.165) is 44.8 Å². The van der Waals surface area contributed by atoms with Gasteiger partial charge >= 0.3 is 0 Å². The minimum absolute atomic E-state index is 0.311. The van der Waals surface area contributed by atoms with E-state index in [-0.39, 0.29) is 0 Å². The van der Waals surface area contributed by atoms with Crippen LogP contribution in [0.15, 0.2) is 23.8 Å². The van der Waals surface area contributed by atoms with Gasteiger partial charge in [0.15, 0.2) is 0 Å². The van der Waals surface area contributed by atoms with Crippen molar-refractivity contribution in [2.24, 2.45) is 29.1 Å². The number of rotatable bonds is 5. The summed E-state index contributed by atoms with van der Waals surface area (Å²) in [7, 11) is 0. The van der Waals surface area contributed by atoms with Crippen LogP contribution < -0.4 is 0 Å². The molecule has 2 heteroatoms. The molecule has 3 saturated carbocycles. The number of aldehydes is 1. The van der Waals surface area contributed by atoms with Crippen molar-refractivity contribution in [2.45, 2.75) is 64.9 Å². The highest BCUT2D eigenvalue weighted by Crippen LogP contribution is 2.74. The Balaban J connectivity index is 1.78. The zero-order valence-corrected chi connectivity index (χ0v) is 14.3. The summed E-state index contributed by atoms with van der Waals surface area (Å²) in [6, 6.07) is 0. The lowest BCUT2D eigenvalue weighted by atomic mass is 9.44. The quantitative estimate of drug-likeness (QED) is 0.607. The van der Waals surface area contributed by atoms with Crippen molar-refractivity contribution in [2.75, 3.05) is 0 Å². The Labute approximate surface area is 134 Å². The summed E-state index contributed by atoms with van der Waals surface area (Å²) in [5.74, 6) is 1.62. The maximum absolute atomic E-state index is 11.9. The van der Waals surface area contributed by atoms with Crippen molar-refractivity contribution in [3.05, 3.63) is 23.8 Å². The van der Waals surface area contributed by atoms with Crippen molar-refractivity contribution >= 4 is 6.29 Å². The number of carbonyl (C=O) groups is 1. The van der Waals surface area contributed by atoms with Gasteiger partial charge in [0.2, 0.25) is 0 Å². The van der Waals surface area contributed by atoms with E-state index in [9.17, 15) is 9.90 Å². The zero-order chi connectivity index (χ0) is 16.1. The highest BCUT2D eigenvalue weighted by atomic mass is 16.3. The first kappa shape index (κ1) is 16.0. The maximum Gasteiger partial charge on any atom is 0.129 e. The molecular weight excluding hydrogens is 272 g/mol. The van der Waals surface area contributed by atoms with Crippen LogP contribution in [0.5, 0.6) is 0 Å². The molecule has 3 aliphatic rings. The van der Waals surface area contributed by atoms with Crippen LogP contribution in [-0.4, -0.2) is 17.0 Å². The number of carbonyl (C=O) groups excluding carboxylic acids is 1. The van der Waals surface area contributed by atoms with Gasteiger partial charge in [0, 0.05) is 0 Å². The molecule has 0 heterocycles. The molecule has 6 atom stereocenters. The molecule has 0 saturated heterocycles. The molecular formula is C20H30O2. The Morgan fingerprint density at radius 2 is 2.00 bits per heavy atom. The molecule has 2 nitrogen and oxygen atoms in total. The third kappa shape index (κ3) is 1.92. The van der Waals surface area contributed by atoms with Gasteiger partial charge < -0.3 is 9.90 Å². The average molecular weight is 302 g/mol. The smallest absolute Gasteiger partial charge is 0.129 e. The molecule has 3 aliphatic carbocycles. The van der Waals surface area contributed by atoms with Crippen LogP contribution in [0.2, 0.25) is 0 Å². The Morgan fingerprint density at radius 1 is 1.27 bits per heavy atom. The van der Waals surface area contributed by atoms with E-state index in [1.54, 1.807) is 0 Å². The van der Waals surface area contributed by atoms with Crippen molar-refractivity contribution < 1.29 is 9.90 Å². The largest absolute Gasteiger partial charge is 0.389 e. The van der Waals surface area contributed by atoms with Gasteiger partial charge in [0.25, 0.3) is 0 Å². The summed E-state index contributed by atoms with van der Waals surface area (Å²) in [5.41, 5.74) is 1.47. The fraction of sp³-hybridized carbons (Fsp3) is 0.750. The molecule has 122 valence electrons. The van der Waals surface area contributed by atoms with Gasteiger partial charge in [0.1, 0.15) is 6.29 Å². The van der Waals surface area contributed by atoms with Crippen molar-refractivity contribution in [1.29, 1.82) is 0 Å². The van der Waals surface area contributed by atoms with Crippen LogP contribution >= 0.6 is 0 Å². The lowest BCUT2D eigenvalue weighted by molar-refractivity contribution is -0.233. The minimum Gasteiger partial charge on any atom is -0.389 e. The molecule has 0 aliphatic heterocycles. The summed E-state index contributed by atoms with van der Waals surface area (Å²) in [6.07, 6.45) is 9.19. The van der Waals surface area contributed by atoms with Crippen LogP contribution in [0.25, 0.3) is 0 Å². The molecule has 6 unspecified atom stereocenters. The van der Waals surface area contributed by atoms with Crippen molar-refractivity contribution in [3.63, 3.8) is 0 Å². The van der Waals surface area contributed by atoms with Gasteiger partial charge in [-0.25, -0.2) is 0 Å². The fourth-order valence-electron chi connectivity index (χ4n) is 5.97. The van der Waals surface area contributed by atoms with Gasteiger partial charge in [-0.1, -0.05) is 30.7 Å². The highest BCUT2D eigenvalue weighted by molar-refractivity contribution is 5.68. The Hall–Kier alpha value is -0.890. The van der Waals surface area contributed by atoms with Crippen molar-refractivity contribution in [3.8, 4) is 0 Å². The monoisotopic (exact) mass is 302 g/mol. The maximum atomic E-state index is 11.9. The Morgan fingerprint density at radius 3 is 2.64 bits per heavy atom. The third-order valence-corrected chi connectivity index (χ3v) is 6.99. The van der Waals surface area contributed by atoms with E-state index < -0.39 is 11.0 Å². The summed E-state index contributed by atoms with van der Waals surface area (Å²) in [5, 5.41) is 11.1. The summed E-state index contributed by atoms with van der Waals surface area (Å²) in [4.78, 5) is 11.9. The summed E-state index contributed by atoms with van der Waals surface area (Å²) < 4.78 is 0. The molecule has 0 spiro atoms. The number of fused-ring (bicyclic) bond motifs is 4. The van der Waals surface area contributed by atoms with Gasteiger partial charge in [-0.15, -0.1) is 0 Å². The minimum atomic E-state index is -0.715. The van der Waals surface area contributed by atoms with E-state index >= 15 is 0 Å². The molecule has 0 aromatic rings. The predicted octanol–water partition coefficient (Wildman–Crippen LogP) is 4.29. The molecule has 22 heavy (non-hydrogen) atoms.